The highest BCUT2D eigenvalue weighted by molar-refractivity contribution is 7.10. The Hall–Kier alpha value is -1.36. The maximum absolute atomic E-state index is 4.11. The predicted octanol–water partition coefficient (Wildman–Crippen LogP) is 3.56. The minimum Gasteiger partial charge on any atom is -0.361 e. The number of nitrogens with zero attached hydrogens (tertiary/aromatic N) is 3. The zero-order valence-electron chi connectivity index (χ0n) is 11.1. The van der Waals surface area contributed by atoms with Gasteiger partial charge in [-0.3, -0.25) is 0 Å². The van der Waals surface area contributed by atoms with Crippen molar-refractivity contribution >= 4 is 17.2 Å². The molecule has 4 nitrogen and oxygen atoms in total. The van der Waals surface area contributed by atoms with Crippen LogP contribution in [0.15, 0.2) is 23.7 Å². The molecule has 0 spiro atoms. The highest BCUT2D eigenvalue weighted by Crippen LogP contribution is 2.29. The monoisotopic (exact) mass is 264 g/mol. The Bertz CT molecular complexity index is 461. The normalized spacial score (nSPS) is 12.9. The molecular formula is C13H20N4S. The van der Waals surface area contributed by atoms with Crippen LogP contribution in [0.2, 0.25) is 0 Å². The van der Waals surface area contributed by atoms with Crippen LogP contribution in [0.1, 0.15) is 38.1 Å². The van der Waals surface area contributed by atoms with Crippen molar-refractivity contribution in [3.05, 3.63) is 28.6 Å². The molecule has 1 N–H and O–H groups in total. The highest BCUT2D eigenvalue weighted by Gasteiger charge is 2.18. The summed E-state index contributed by atoms with van der Waals surface area (Å²) in [5.74, 6) is 1.53. The van der Waals surface area contributed by atoms with Gasteiger partial charge < -0.3 is 5.32 Å². The van der Waals surface area contributed by atoms with E-state index in [2.05, 4.69) is 53.9 Å². The van der Waals surface area contributed by atoms with Crippen LogP contribution in [0.25, 0.3) is 0 Å². The average molecular weight is 264 g/mol. The molecular weight excluding hydrogens is 244 g/mol. The van der Waals surface area contributed by atoms with E-state index >= 15 is 0 Å². The van der Waals surface area contributed by atoms with Crippen LogP contribution < -0.4 is 5.32 Å². The molecule has 1 atom stereocenters. The Labute approximate surface area is 112 Å². The second-order valence-corrected chi connectivity index (χ2v) is 5.70. The first-order valence-corrected chi connectivity index (χ1v) is 7.28. The van der Waals surface area contributed by atoms with Crippen molar-refractivity contribution in [1.29, 1.82) is 0 Å². The molecule has 0 saturated carbocycles. The minimum atomic E-state index is 0.319. The maximum atomic E-state index is 4.11. The summed E-state index contributed by atoms with van der Waals surface area (Å²) >= 11 is 1.79. The van der Waals surface area contributed by atoms with E-state index in [1.54, 1.807) is 17.5 Å². The van der Waals surface area contributed by atoms with E-state index in [9.17, 15) is 0 Å². The van der Waals surface area contributed by atoms with E-state index in [0.29, 0.717) is 12.0 Å². The van der Waals surface area contributed by atoms with E-state index in [1.807, 2.05) is 4.68 Å². The smallest absolute Gasteiger partial charge is 0.145 e. The first-order valence-electron chi connectivity index (χ1n) is 6.40. The topological polar surface area (TPSA) is 42.7 Å². The molecule has 0 aliphatic rings. The Morgan fingerprint density at radius 3 is 2.89 bits per heavy atom. The van der Waals surface area contributed by atoms with Gasteiger partial charge >= 0.3 is 0 Å². The van der Waals surface area contributed by atoms with Gasteiger partial charge in [0.05, 0.1) is 12.2 Å². The summed E-state index contributed by atoms with van der Waals surface area (Å²) in [4.78, 5) is 1.36. The minimum absolute atomic E-state index is 0.319. The fraction of sp³-hybridized carbons (Fsp3) is 0.538. The SMILES string of the molecule is CCCn1nncc1NC(c1cccs1)C(C)C. The number of nitrogens with one attached hydrogen (secondary N) is 1. The molecule has 0 aromatic carbocycles. The standard InChI is InChI=1S/C13H20N4S/c1-4-7-17-12(9-14-16-17)15-13(10(2)3)11-6-5-8-18-11/h5-6,8-10,13,15H,4,7H2,1-3H3. The summed E-state index contributed by atoms with van der Waals surface area (Å²) in [6, 6.07) is 4.59. The summed E-state index contributed by atoms with van der Waals surface area (Å²) in [5.41, 5.74) is 0. The molecule has 0 saturated heterocycles. The Kier molecular flexibility index (Phi) is 4.36. The lowest BCUT2D eigenvalue weighted by Gasteiger charge is -2.22. The second kappa shape index (κ2) is 6.00. The van der Waals surface area contributed by atoms with Gasteiger partial charge in [-0.2, -0.15) is 0 Å². The number of aromatic nitrogens is 3. The molecule has 18 heavy (non-hydrogen) atoms. The molecule has 0 bridgehead atoms. The van der Waals surface area contributed by atoms with Gasteiger partial charge in [0, 0.05) is 11.4 Å². The van der Waals surface area contributed by atoms with Gasteiger partial charge in [0.1, 0.15) is 5.82 Å². The number of hydrogen-bond acceptors (Lipinski definition) is 4. The summed E-state index contributed by atoms with van der Waals surface area (Å²) in [7, 11) is 0. The van der Waals surface area contributed by atoms with E-state index < -0.39 is 0 Å². The van der Waals surface area contributed by atoms with Crippen LogP contribution >= 0.6 is 11.3 Å². The molecule has 2 rings (SSSR count). The number of thiophene rings is 1. The Balaban J connectivity index is 2.16. The molecule has 1 unspecified atom stereocenters. The first-order chi connectivity index (χ1) is 8.72. The number of aryl methyl sites for hydroxylation is 1. The van der Waals surface area contributed by atoms with Crippen molar-refractivity contribution in [2.24, 2.45) is 5.92 Å². The molecule has 5 heteroatoms. The molecule has 0 fully saturated rings. The number of hydrogen-bond donors (Lipinski definition) is 1. The van der Waals surface area contributed by atoms with Crippen LogP contribution in [0.5, 0.6) is 0 Å². The van der Waals surface area contributed by atoms with Crippen LogP contribution in [0, 0.1) is 5.92 Å². The predicted molar refractivity (Wildman–Crippen MR) is 75.8 cm³/mol. The van der Waals surface area contributed by atoms with Crippen LogP contribution in [0.3, 0.4) is 0 Å². The van der Waals surface area contributed by atoms with Crippen molar-refractivity contribution in [3.8, 4) is 0 Å². The lowest BCUT2D eigenvalue weighted by Crippen LogP contribution is -2.18. The molecule has 0 radical (unpaired) electrons. The van der Waals surface area contributed by atoms with E-state index in [-0.39, 0.29) is 0 Å². The van der Waals surface area contributed by atoms with E-state index in [0.717, 1.165) is 18.8 Å². The summed E-state index contributed by atoms with van der Waals surface area (Å²) < 4.78 is 1.93. The van der Waals surface area contributed by atoms with Gasteiger partial charge in [-0.25, -0.2) is 4.68 Å². The van der Waals surface area contributed by atoms with Crippen molar-refractivity contribution in [2.75, 3.05) is 5.32 Å². The van der Waals surface area contributed by atoms with Crippen molar-refractivity contribution in [3.63, 3.8) is 0 Å². The number of rotatable bonds is 6. The van der Waals surface area contributed by atoms with Crippen LogP contribution in [-0.4, -0.2) is 15.0 Å². The van der Waals surface area contributed by atoms with Gasteiger partial charge in [-0.1, -0.05) is 32.1 Å². The molecule has 0 amide bonds. The summed E-state index contributed by atoms with van der Waals surface area (Å²) in [6.45, 7) is 7.50. The third-order valence-electron chi connectivity index (χ3n) is 2.87. The highest BCUT2D eigenvalue weighted by atomic mass is 32.1. The van der Waals surface area contributed by atoms with Gasteiger partial charge in [-0.05, 0) is 23.8 Å². The average Bonchev–Trinajstić information content (AvgIpc) is 2.97. The third kappa shape index (κ3) is 2.90. The summed E-state index contributed by atoms with van der Waals surface area (Å²) in [5, 5.41) is 13.8. The molecule has 2 aromatic heterocycles. The van der Waals surface area contributed by atoms with Crippen molar-refractivity contribution in [2.45, 2.75) is 39.8 Å². The van der Waals surface area contributed by atoms with Gasteiger partial charge in [0.2, 0.25) is 0 Å². The van der Waals surface area contributed by atoms with Gasteiger partial charge in [-0.15, -0.1) is 16.4 Å². The van der Waals surface area contributed by atoms with Gasteiger partial charge in [0.15, 0.2) is 0 Å². The Morgan fingerprint density at radius 2 is 2.28 bits per heavy atom. The molecule has 2 aromatic rings. The fourth-order valence-electron chi connectivity index (χ4n) is 1.94. The number of anilines is 1. The zero-order valence-corrected chi connectivity index (χ0v) is 11.9. The lowest BCUT2D eigenvalue weighted by molar-refractivity contribution is 0.534. The maximum Gasteiger partial charge on any atom is 0.145 e. The molecule has 2 heterocycles. The third-order valence-corrected chi connectivity index (χ3v) is 3.83. The molecule has 0 aliphatic carbocycles. The zero-order chi connectivity index (χ0) is 13.0. The second-order valence-electron chi connectivity index (χ2n) is 4.72. The summed E-state index contributed by atoms with van der Waals surface area (Å²) in [6.07, 6.45) is 2.86. The fourth-order valence-corrected chi connectivity index (χ4v) is 2.89. The van der Waals surface area contributed by atoms with E-state index in [4.69, 9.17) is 0 Å². The Morgan fingerprint density at radius 1 is 1.44 bits per heavy atom. The van der Waals surface area contributed by atoms with Crippen LogP contribution in [-0.2, 0) is 6.54 Å². The molecule has 98 valence electrons. The first kappa shape index (κ1) is 13.1. The quantitative estimate of drug-likeness (QED) is 0.867. The van der Waals surface area contributed by atoms with Crippen LogP contribution in [0.4, 0.5) is 5.82 Å². The largest absolute Gasteiger partial charge is 0.361 e. The van der Waals surface area contributed by atoms with Crippen molar-refractivity contribution in [1.82, 2.24) is 15.0 Å². The molecule has 0 aliphatic heterocycles. The van der Waals surface area contributed by atoms with Crippen molar-refractivity contribution < 1.29 is 0 Å². The van der Waals surface area contributed by atoms with Gasteiger partial charge in [0.25, 0.3) is 0 Å². The van der Waals surface area contributed by atoms with E-state index in [1.165, 1.54) is 4.88 Å². The lowest BCUT2D eigenvalue weighted by atomic mass is 10.0.